The number of nitrogens with one attached hydrogen (secondary N) is 1. The summed E-state index contributed by atoms with van der Waals surface area (Å²) >= 11 is 9.05. The third-order valence-corrected chi connectivity index (χ3v) is 3.83. The molecule has 0 saturated carbocycles. The number of rotatable bonds is 4. The van der Waals surface area contributed by atoms with Gasteiger partial charge in [-0.05, 0) is 58.2 Å². The highest BCUT2D eigenvalue weighted by atomic mass is 79.9. The van der Waals surface area contributed by atoms with E-state index in [2.05, 4.69) is 28.2 Å². The van der Waals surface area contributed by atoms with Crippen LogP contribution in [0.1, 0.15) is 24.1 Å². The molecule has 0 aromatic heterocycles. The lowest BCUT2D eigenvalue weighted by atomic mass is 10.1. The van der Waals surface area contributed by atoms with Crippen LogP contribution in [-0.4, -0.2) is 0 Å². The van der Waals surface area contributed by atoms with Crippen molar-refractivity contribution < 1.29 is 4.39 Å². The van der Waals surface area contributed by atoms with Crippen LogP contribution in [0.4, 0.5) is 4.39 Å². The molecule has 0 bridgehead atoms. The molecule has 0 fully saturated rings. The van der Waals surface area contributed by atoms with Gasteiger partial charge in [-0.3, -0.25) is 0 Å². The lowest BCUT2D eigenvalue weighted by Crippen LogP contribution is -2.18. The fourth-order valence-corrected chi connectivity index (χ4v) is 2.34. The van der Waals surface area contributed by atoms with Gasteiger partial charge >= 0.3 is 0 Å². The molecule has 0 aliphatic rings. The Kier molecular flexibility index (Phi) is 4.97. The number of hydrogen-bond acceptors (Lipinski definition) is 1. The molecule has 0 radical (unpaired) electrons. The molecule has 2 aromatic rings. The predicted octanol–water partition coefficient (Wildman–Crippen LogP) is 5.09. The van der Waals surface area contributed by atoms with E-state index in [0.717, 1.165) is 10.6 Å². The van der Waals surface area contributed by atoms with Gasteiger partial charge in [0.25, 0.3) is 0 Å². The highest BCUT2D eigenvalue weighted by molar-refractivity contribution is 9.10. The summed E-state index contributed by atoms with van der Waals surface area (Å²) in [5, 5.41) is 4.13. The fraction of sp³-hybridized carbons (Fsp3) is 0.200. The summed E-state index contributed by atoms with van der Waals surface area (Å²) in [4.78, 5) is 0. The zero-order chi connectivity index (χ0) is 13.8. The average molecular weight is 343 g/mol. The number of hydrogen-bond donors (Lipinski definition) is 1. The van der Waals surface area contributed by atoms with E-state index in [4.69, 9.17) is 11.6 Å². The van der Waals surface area contributed by atoms with Gasteiger partial charge in [0.2, 0.25) is 0 Å². The van der Waals surface area contributed by atoms with Gasteiger partial charge in [-0.2, -0.15) is 0 Å². The molecule has 0 spiro atoms. The molecule has 100 valence electrons. The fourth-order valence-electron chi connectivity index (χ4n) is 1.79. The smallest absolute Gasteiger partial charge is 0.137 e. The monoisotopic (exact) mass is 341 g/mol. The molecular weight excluding hydrogens is 329 g/mol. The van der Waals surface area contributed by atoms with E-state index >= 15 is 0 Å². The van der Waals surface area contributed by atoms with E-state index in [1.165, 1.54) is 11.6 Å². The summed E-state index contributed by atoms with van der Waals surface area (Å²) in [5.41, 5.74) is 2.21. The van der Waals surface area contributed by atoms with E-state index in [0.29, 0.717) is 11.0 Å². The zero-order valence-electron chi connectivity index (χ0n) is 10.5. The van der Waals surface area contributed by atoms with Gasteiger partial charge in [-0.1, -0.05) is 29.8 Å². The van der Waals surface area contributed by atoms with Gasteiger partial charge in [0.1, 0.15) is 5.82 Å². The number of halogens is 3. The van der Waals surface area contributed by atoms with Gasteiger partial charge in [0.15, 0.2) is 0 Å². The van der Waals surface area contributed by atoms with Gasteiger partial charge in [0.05, 0.1) is 4.47 Å². The van der Waals surface area contributed by atoms with Crippen LogP contribution in [0.15, 0.2) is 46.9 Å². The summed E-state index contributed by atoms with van der Waals surface area (Å²) in [6.07, 6.45) is 0. The second kappa shape index (κ2) is 6.51. The Morgan fingerprint density at radius 1 is 1.21 bits per heavy atom. The van der Waals surface area contributed by atoms with Crippen molar-refractivity contribution in [3.8, 4) is 0 Å². The van der Waals surface area contributed by atoms with E-state index < -0.39 is 0 Å². The maximum absolute atomic E-state index is 13.1. The molecule has 2 rings (SSSR count). The molecular formula is C15H14BrClFN. The van der Waals surface area contributed by atoms with E-state index in [-0.39, 0.29) is 11.9 Å². The first kappa shape index (κ1) is 14.5. The Bertz CT molecular complexity index is 557. The van der Waals surface area contributed by atoms with Crippen LogP contribution in [-0.2, 0) is 6.54 Å². The van der Waals surface area contributed by atoms with Gasteiger partial charge in [-0.25, -0.2) is 4.39 Å². The minimum atomic E-state index is -0.241. The summed E-state index contributed by atoms with van der Waals surface area (Å²) in [7, 11) is 0. The van der Waals surface area contributed by atoms with E-state index in [9.17, 15) is 4.39 Å². The molecule has 0 aliphatic heterocycles. The highest BCUT2D eigenvalue weighted by Gasteiger charge is 2.06. The lowest BCUT2D eigenvalue weighted by Gasteiger charge is -2.14. The molecule has 0 saturated heterocycles. The van der Waals surface area contributed by atoms with Crippen LogP contribution in [0.25, 0.3) is 0 Å². The first-order valence-electron chi connectivity index (χ1n) is 5.99. The van der Waals surface area contributed by atoms with Gasteiger partial charge in [0, 0.05) is 17.6 Å². The Morgan fingerprint density at radius 3 is 2.53 bits per heavy atom. The van der Waals surface area contributed by atoms with E-state index in [1.54, 1.807) is 12.1 Å². The Balaban J connectivity index is 1.98. The van der Waals surface area contributed by atoms with Crippen LogP contribution in [0.3, 0.4) is 0 Å². The lowest BCUT2D eigenvalue weighted by molar-refractivity contribution is 0.572. The maximum atomic E-state index is 13.1. The largest absolute Gasteiger partial charge is 0.306 e. The van der Waals surface area contributed by atoms with Crippen molar-refractivity contribution in [2.24, 2.45) is 0 Å². The topological polar surface area (TPSA) is 12.0 Å². The van der Waals surface area contributed by atoms with E-state index in [1.807, 2.05) is 24.3 Å². The van der Waals surface area contributed by atoms with Crippen LogP contribution in [0.2, 0.25) is 5.02 Å². The Hall–Kier alpha value is -0.900. The van der Waals surface area contributed by atoms with Crippen LogP contribution >= 0.6 is 27.5 Å². The third kappa shape index (κ3) is 4.03. The SMILES string of the molecule is CC(NCc1ccc(F)c(Br)c1)c1ccc(Cl)cc1. The third-order valence-electron chi connectivity index (χ3n) is 2.97. The molecule has 0 aliphatic carbocycles. The molecule has 19 heavy (non-hydrogen) atoms. The molecule has 0 heterocycles. The van der Waals surface area contributed by atoms with Gasteiger partial charge in [-0.15, -0.1) is 0 Å². The second-order valence-corrected chi connectivity index (χ2v) is 5.69. The van der Waals surface area contributed by atoms with Crippen molar-refractivity contribution in [2.75, 3.05) is 0 Å². The normalized spacial score (nSPS) is 12.4. The summed E-state index contributed by atoms with van der Waals surface area (Å²) in [5.74, 6) is -0.241. The minimum absolute atomic E-state index is 0.209. The molecule has 1 N–H and O–H groups in total. The van der Waals surface area contributed by atoms with Crippen LogP contribution in [0.5, 0.6) is 0 Å². The molecule has 0 amide bonds. The molecule has 4 heteroatoms. The summed E-state index contributed by atoms with van der Waals surface area (Å²) < 4.78 is 13.6. The Labute approximate surface area is 125 Å². The van der Waals surface area contributed by atoms with Crippen LogP contribution in [0, 0.1) is 5.82 Å². The van der Waals surface area contributed by atoms with Crippen LogP contribution < -0.4 is 5.32 Å². The molecule has 1 unspecified atom stereocenters. The summed E-state index contributed by atoms with van der Waals surface area (Å²) in [6.45, 7) is 2.77. The molecule has 1 nitrogen and oxygen atoms in total. The average Bonchev–Trinajstić information content (AvgIpc) is 2.40. The van der Waals surface area contributed by atoms with Crippen molar-refractivity contribution >= 4 is 27.5 Å². The van der Waals surface area contributed by atoms with Crippen molar-refractivity contribution in [2.45, 2.75) is 19.5 Å². The quantitative estimate of drug-likeness (QED) is 0.816. The highest BCUT2D eigenvalue weighted by Crippen LogP contribution is 2.19. The van der Waals surface area contributed by atoms with Crippen molar-refractivity contribution in [1.29, 1.82) is 0 Å². The molecule has 1 atom stereocenters. The predicted molar refractivity (Wildman–Crippen MR) is 80.8 cm³/mol. The molecule has 2 aromatic carbocycles. The standard InChI is InChI=1S/C15H14BrClFN/c1-10(12-3-5-13(17)6-4-12)19-9-11-2-7-15(18)14(16)8-11/h2-8,10,19H,9H2,1H3. The first-order valence-corrected chi connectivity index (χ1v) is 7.16. The maximum Gasteiger partial charge on any atom is 0.137 e. The van der Waals surface area contributed by atoms with Crippen molar-refractivity contribution in [3.63, 3.8) is 0 Å². The first-order chi connectivity index (χ1) is 9.06. The van der Waals surface area contributed by atoms with Crippen molar-refractivity contribution in [1.82, 2.24) is 5.32 Å². The minimum Gasteiger partial charge on any atom is -0.306 e. The zero-order valence-corrected chi connectivity index (χ0v) is 12.8. The number of benzene rings is 2. The second-order valence-electron chi connectivity index (χ2n) is 4.40. The van der Waals surface area contributed by atoms with Gasteiger partial charge < -0.3 is 5.32 Å². The van der Waals surface area contributed by atoms with Crippen molar-refractivity contribution in [3.05, 3.63) is 68.9 Å². The Morgan fingerprint density at radius 2 is 1.89 bits per heavy atom. The summed E-state index contributed by atoms with van der Waals surface area (Å²) in [6, 6.07) is 13.0.